The van der Waals surface area contributed by atoms with Gasteiger partial charge in [-0.3, -0.25) is 0 Å². The van der Waals surface area contributed by atoms with E-state index in [9.17, 15) is 0 Å². The zero-order valence-corrected chi connectivity index (χ0v) is 12.5. The van der Waals surface area contributed by atoms with Gasteiger partial charge in [0.25, 0.3) is 5.78 Å². The first-order valence-corrected chi connectivity index (χ1v) is 6.60. The minimum atomic E-state index is 0.481. The first-order valence-electron chi connectivity index (χ1n) is 6.22. The standard InChI is InChI=1S/C12H19ClN6/c1-9-10(13)16-12-14-8-15-19(12)11(9)18(4)7-5-6-17(2)3/h8H,5-7H2,1-4H3. The van der Waals surface area contributed by atoms with Gasteiger partial charge in [0.1, 0.15) is 17.3 Å². The summed E-state index contributed by atoms with van der Waals surface area (Å²) in [6.45, 7) is 3.92. The van der Waals surface area contributed by atoms with Crippen molar-refractivity contribution in [3.05, 3.63) is 17.0 Å². The molecule has 0 spiro atoms. The van der Waals surface area contributed by atoms with E-state index in [0.717, 1.165) is 30.9 Å². The summed E-state index contributed by atoms with van der Waals surface area (Å²) >= 11 is 6.15. The Morgan fingerprint density at radius 1 is 1.26 bits per heavy atom. The van der Waals surface area contributed by atoms with Crippen LogP contribution in [0.5, 0.6) is 0 Å². The van der Waals surface area contributed by atoms with Gasteiger partial charge in [-0.15, -0.1) is 0 Å². The number of nitrogens with zero attached hydrogens (tertiary/aromatic N) is 6. The number of fused-ring (bicyclic) bond motifs is 1. The van der Waals surface area contributed by atoms with Crippen LogP contribution in [0.15, 0.2) is 6.33 Å². The predicted octanol–water partition coefficient (Wildman–Crippen LogP) is 1.47. The molecular formula is C12H19ClN6. The van der Waals surface area contributed by atoms with Gasteiger partial charge in [0.15, 0.2) is 0 Å². The van der Waals surface area contributed by atoms with Gasteiger partial charge in [-0.05, 0) is 34.0 Å². The van der Waals surface area contributed by atoms with Crippen molar-refractivity contribution in [3.8, 4) is 0 Å². The molecule has 2 heterocycles. The zero-order valence-electron chi connectivity index (χ0n) is 11.8. The molecule has 0 radical (unpaired) electrons. The average Bonchev–Trinajstić information content (AvgIpc) is 2.77. The molecule has 0 aliphatic heterocycles. The lowest BCUT2D eigenvalue weighted by Gasteiger charge is -2.22. The van der Waals surface area contributed by atoms with E-state index in [-0.39, 0.29) is 0 Å². The summed E-state index contributed by atoms with van der Waals surface area (Å²) in [5.41, 5.74) is 0.923. The highest BCUT2D eigenvalue weighted by atomic mass is 35.5. The third-order valence-corrected chi connectivity index (χ3v) is 3.40. The normalized spacial score (nSPS) is 11.5. The molecule has 0 saturated heterocycles. The molecule has 0 N–H and O–H groups in total. The SMILES string of the molecule is Cc1c(Cl)nc2ncnn2c1N(C)CCCN(C)C. The molecule has 2 aromatic rings. The summed E-state index contributed by atoms with van der Waals surface area (Å²) in [6.07, 6.45) is 2.56. The van der Waals surface area contributed by atoms with Crippen molar-refractivity contribution in [2.75, 3.05) is 39.1 Å². The highest BCUT2D eigenvalue weighted by Crippen LogP contribution is 2.24. The summed E-state index contributed by atoms with van der Waals surface area (Å²) in [5, 5.41) is 4.70. The van der Waals surface area contributed by atoms with Crippen molar-refractivity contribution in [2.45, 2.75) is 13.3 Å². The van der Waals surface area contributed by atoms with E-state index in [0.29, 0.717) is 10.9 Å². The van der Waals surface area contributed by atoms with Crippen LogP contribution in [0.3, 0.4) is 0 Å². The largest absolute Gasteiger partial charge is 0.359 e. The number of hydrogen-bond acceptors (Lipinski definition) is 5. The maximum absolute atomic E-state index is 6.15. The van der Waals surface area contributed by atoms with E-state index in [1.165, 1.54) is 6.33 Å². The van der Waals surface area contributed by atoms with Gasteiger partial charge in [-0.2, -0.15) is 19.6 Å². The number of halogens is 1. The van der Waals surface area contributed by atoms with Crippen molar-refractivity contribution in [1.82, 2.24) is 24.5 Å². The van der Waals surface area contributed by atoms with Crippen LogP contribution < -0.4 is 4.90 Å². The van der Waals surface area contributed by atoms with Gasteiger partial charge in [-0.25, -0.2) is 0 Å². The fourth-order valence-corrected chi connectivity index (χ4v) is 2.22. The molecule has 104 valence electrons. The lowest BCUT2D eigenvalue weighted by atomic mass is 10.3. The first-order chi connectivity index (χ1) is 9.00. The molecule has 6 nitrogen and oxygen atoms in total. The van der Waals surface area contributed by atoms with Crippen LogP contribution in [0.25, 0.3) is 5.78 Å². The quantitative estimate of drug-likeness (QED) is 0.778. The molecule has 0 fully saturated rings. The maximum atomic E-state index is 6.15. The Labute approximate surface area is 118 Å². The Balaban J connectivity index is 2.27. The maximum Gasteiger partial charge on any atom is 0.255 e. The third kappa shape index (κ3) is 2.96. The molecule has 0 atom stereocenters. The molecule has 0 aliphatic rings. The predicted molar refractivity (Wildman–Crippen MR) is 77.0 cm³/mol. The lowest BCUT2D eigenvalue weighted by Crippen LogP contribution is -2.26. The van der Waals surface area contributed by atoms with Crippen LogP contribution in [0.1, 0.15) is 12.0 Å². The molecule has 0 aliphatic carbocycles. The molecule has 19 heavy (non-hydrogen) atoms. The van der Waals surface area contributed by atoms with E-state index >= 15 is 0 Å². The monoisotopic (exact) mass is 282 g/mol. The third-order valence-electron chi connectivity index (χ3n) is 3.03. The van der Waals surface area contributed by atoms with E-state index in [2.05, 4.69) is 39.0 Å². The van der Waals surface area contributed by atoms with Gasteiger partial charge in [0.05, 0.1) is 0 Å². The number of aromatic nitrogens is 4. The van der Waals surface area contributed by atoms with E-state index in [4.69, 9.17) is 11.6 Å². The lowest BCUT2D eigenvalue weighted by molar-refractivity contribution is 0.401. The minimum Gasteiger partial charge on any atom is -0.359 e. The highest BCUT2D eigenvalue weighted by Gasteiger charge is 2.15. The summed E-state index contributed by atoms with van der Waals surface area (Å²) in [4.78, 5) is 12.6. The zero-order chi connectivity index (χ0) is 14.0. The second kappa shape index (κ2) is 5.71. The van der Waals surface area contributed by atoms with Gasteiger partial charge in [-0.1, -0.05) is 11.6 Å². The molecule has 2 rings (SSSR count). The number of anilines is 1. The fraction of sp³-hybridized carbons (Fsp3) is 0.583. The van der Waals surface area contributed by atoms with Crippen LogP contribution in [-0.4, -0.2) is 58.7 Å². The van der Waals surface area contributed by atoms with Crippen LogP contribution >= 0.6 is 11.6 Å². The molecule has 0 saturated carbocycles. The van der Waals surface area contributed by atoms with Crippen LogP contribution in [0.4, 0.5) is 5.82 Å². The van der Waals surface area contributed by atoms with Gasteiger partial charge in [0, 0.05) is 19.2 Å². The molecule has 7 heteroatoms. The minimum absolute atomic E-state index is 0.481. The smallest absolute Gasteiger partial charge is 0.255 e. The Morgan fingerprint density at radius 2 is 2.00 bits per heavy atom. The van der Waals surface area contributed by atoms with Crippen molar-refractivity contribution in [1.29, 1.82) is 0 Å². The molecule has 0 aromatic carbocycles. The van der Waals surface area contributed by atoms with Crippen molar-refractivity contribution < 1.29 is 0 Å². The first kappa shape index (κ1) is 14.0. The molecule has 0 unspecified atom stereocenters. The average molecular weight is 283 g/mol. The molecule has 0 bridgehead atoms. The number of hydrogen-bond donors (Lipinski definition) is 0. The fourth-order valence-electron chi connectivity index (χ4n) is 2.06. The summed E-state index contributed by atoms with van der Waals surface area (Å²) in [5.74, 6) is 1.48. The van der Waals surface area contributed by atoms with Gasteiger partial charge in [0.2, 0.25) is 0 Å². The number of rotatable bonds is 5. The Morgan fingerprint density at radius 3 is 2.68 bits per heavy atom. The van der Waals surface area contributed by atoms with Crippen molar-refractivity contribution in [2.24, 2.45) is 0 Å². The topological polar surface area (TPSA) is 49.6 Å². The highest BCUT2D eigenvalue weighted by molar-refractivity contribution is 6.30. The summed E-state index contributed by atoms with van der Waals surface area (Å²) < 4.78 is 1.73. The summed E-state index contributed by atoms with van der Waals surface area (Å²) in [6, 6.07) is 0. The molecular weight excluding hydrogens is 264 g/mol. The van der Waals surface area contributed by atoms with Gasteiger partial charge >= 0.3 is 0 Å². The molecule has 2 aromatic heterocycles. The van der Waals surface area contributed by atoms with E-state index in [1.54, 1.807) is 4.52 Å². The van der Waals surface area contributed by atoms with Gasteiger partial charge < -0.3 is 9.80 Å². The Bertz CT molecular complexity index is 565. The molecule has 0 amide bonds. The van der Waals surface area contributed by atoms with Crippen LogP contribution in [0, 0.1) is 6.92 Å². The van der Waals surface area contributed by atoms with E-state index < -0.39 is 0 Å². The van der Waals surface area contributed by atoms with Crippen molar-refractivity contribution in [3.63, 3.8) is 0 Å². The second-order valence-corrected chi connectivity index (χ2v) is 5.26. The van der Waals surface area contributed by atoms with Crippen molar-refractivity contribution >= 4 is 23.2 Å². The second-order valence-electron chi connectivity index (χ2n) is 4.90. The Hall–Kier alpha value is -1.40. The summed E-state index contributed by atoms with van der Waals surface area (Å²) in [7, 11) is 6.18. The Kier molecular flexibility index (Phi) is 4.21. The van der Waals surface area contributed by atoms with Crippen LogP contribution in [0.2, 0.25) is 5.15 Å². The van der Waals surface area contributed by atoms with E-state index in [1.807, 2.05) is 14.0 Å². The van der Waals surface area contributed by atoms with Crippen LogP contribution in [-0.2, 0) is 0 Å².